The second kappa shape index (κ2) is 57.0. The van der Waals surface area contributed by atoms with Crippen molar-refractivity contribution in [3.8, 4) is 0 Å². The first-order chi connectivity index (χ1) is 41.1. The van der Waals surface area contributed by atoms with Gasteiger partial charge in [-0.25, -0.2) is 9.13 Å². The van der Waals surface area contributed by atoms with Crippen molar-refractivity contribution >= 4 is 39.5 Å². The van der Waals surface area contributed by atoms with E-state index in [9.17, 15) is 43.2 Å². The number of ether oxygens (including phenoxy) is 4. The number of carbonyl (C=O) groups excluding carboxylic acids is 4. The molecule has 0 aliphatic carbocycles. The second-order valence-corrected chi connectivity index (χ2v) is 29.0. The van der Waals surface area contributed by atoms with Crippen molar-refractivity contribution in [2.24, 2.45) is 23.7 Å². The highest BCUT2D eigenvalue weighted by molar-refractivity contribution is 7.47. The molecule has 17 nitrogen and oxygen atoms in total. The molecule has 0 amide bonds. The molecular weight excluding hydrogens is 1140 g/mol. The third-order valence-corrected chi connectivity index (χ3v) is 17.2. The minimum Gasteiger partial charge on any atom is -0.462 e. The van der Waals surface area contributed by atoms with E-state index in [1.165, 1.54) is 116 Å². The first kappa shape index (κ1) is 84.1. The Morgan fingerprint density at radius 1 is 0.291 bits per heavy atom. The van der Waals surface area contributed by atoms with Crippen molar-refractivity contribution in [1.29, 1.82) is 0 Å². The molecule has 0 aromatic rings. The third-order valence-electron chi connectivity index (χ3n) is 15.3. The van der Waals surface area contributed by atoms with E-state index in [1.54, 1.807) is 0 Å². The van der Waals surface area contributed by atoms with E-state index >= 15 is 0 Å². The third kappa shape index (κ3) is 60.9. The quantitative estimate of drug-likeness (QED) is 0.0222. The molecule has 19 heteroatoms. The van der Waals surface area contributed by atoms with Crippen molar-refractivity contribution in [2.45, 2.75) is 343 Å². The molecule has 3 unspecified atom stereocenters. The van der Waals surface area contributed by atoms with Crippen molar-refractivity contribution in [1.82, 2.24) is 0 Å². The summed E-state index contributed by atoms with van der Waals surface area (Å²) in [7, 11) is -9.89. The van der Waals surface area contributed by atoms with E-state index in [-0.39, 0.29) is 25.7 Å². The van der Waals surface area contributed by atoms with E-state index in [0.29, 0.717) is 43.4 Å². The fourth-order valence-corrected chi connectivity index (χ4v) is 11.5. The lowest BCUT2D eigenvalue weighted by atomic mass is 10.0. The lowest BCUT2D eigenvalue weighted by molar-refractivity contribution is -0.161. The number of phosphoric ester groups is 2. The van der Waals surface area contributed by atoms with E-state index in [4.69, 9.17) is 37.0 Å². The average Bonchev–Trinajstić information content (AvgIpc) is 3.59. The van der Waals surface area contributed by atoms with E-state index in [2.05, 4.69) is 55.4 Å². The summed E-state index contributed by atoms with van der Waals surface area (Å²) in [5.74, 6) is 0.737. The molecule has 0 bridgehead atoms. The Balaban J connectivity index is 5.20. The van der Waals surface area contributed by atoms with Gasteiger partial charge in [-0.2, -0.15) is 0 Å². The van der Waals surface area contributed by atoms with Gasteiger partial charge in [0.2, 0.25) is 0 Å². The Hall–Kier alpha value is -1.94. The van der Waals surface area contributed by atoms with Crippen LogP contribution in [0, 0.1) is 23.7 Å². The summed E-state index contributed by atoms with van der Waals surface area (Å²) in [4.78, 5) is 72.3. The smallest absolute Gasteiger partial charge is 0.462 e. The van der Waals surface area contributed by atoms with Crippen molar-refractivity contribution in [3.63, 3.8) is 0 Å². The molecule has 0 saturated carbocycles. The van der Waals surface area contributed by atoms with Gasteiger partial charge in [-0.05, 0) is 49.4 Å². The predicted octanol–water partition coefficient (Wildman–Crippen LogP) is 18.5. The van der Waals surface area contributed by atoms with Crippen LogP contribution in [0.3, 0.4) is 0 Å². The molecule has 0 rings (SSSR count). The first-order valence-electron chi connectivity index (χ1n) is 34.7. The van der Waals surface area contributed by atoms with Gasteiger partial charge in [0.1, 0.15) is 19.3 Å². The summed E-state index contributed by atoms with van der Waals surface area (Å²) in [6.45, 7) is 13.9. The van der Waals surface area contributed by atoms with Crippen LogP contribution in [0.1, 0.15) is 325 Å². The summed E-state index contributed by atoms with van der Waals surface area (Å²) in [6.07, 6.45) is 37.9. The highest BCUT2D eigenvalue weighted by atomic mass is 31.2. The van der Waals surface area contributed by atoms with Gasteiger partial charge in [-0.1, -0.05) is 274 Å². The lowest BCUT2D eigenvalue weighted by Crippen LogP contribution is -2.30. The van der Waals surface area contributed by atoms with Crippen LogP contribution >= 0.6 is 15.6 Å². The van der Waals surface area contributed by atoms with Crippen LogP contribution < -0.4 is 0 Å². The van der Waals surface area contributed by atoms with Gasteiger partial charge in [0.15, 0.2) is 12.2 Å². The highest BCUT2D eigenvalue weighted by Crippen LogP contribution is 2.45. The number of unbranched alkanes of at least 4 members (excludes halogenated alkanes) is 30. The largest absolute Gasteiger partial charge is 0.472 e. The van der Waals surface area contributed by atoms with E-state index in [0.717, 1.165) is 109 Å². The maximum atomic E-state index is 13.0. The molecule has 510 valence electrons. The Morgan fingerprint density at radius 3 is 0.721 bits per heavy atom. The molecule has 0 aromatic heterocycles. The van der Waals surface area contributed by atoms with Crippen molar-refractivity contribution < 1.29 is 80.2 Å². The molecule has 0 aromatic carbocycles. The van der Waals surface area contributed by atoms with Crippen LogP contribution in [0.5, 0.6) is 0 Å². The predicted molar refractivity (Wildman–Crippen MR) is 344 cm³/mol. The van der Waals surface area contributed by atoms with Crippen LogP contribution in [0.2, 0.25) is 0 Å². The molecule has 3 N–H and O–H groups in total. The summed E-state index contributed by atoms with van der Waals surface area (Å²) >= 11 is 0. The maximum absolute atomic E-state index is 13.0. The monoisotopic (exact) mass is 1270 g/mol. The molecule has 86 heavy (non-hydrogen) atoms. The SMILES string of the molecule is CC(C)CCCCCCCCCCCCCCCCC(=O)O[C@H](COC(=O)CCCCCCCCC(C)C)COP(=O)(O)OCC(O)COP(=O)(O)OC[C@@H](COC(=O)CCCCCCCCCC(C)C)OC(=O)CCCCCCCCCC(C)C. The molecule has 0 spiro atoms. The number of phosphoric acid groups is 2. The van der Waals surface area contributed by atoms with Crippen molar-refractivity contribution in [3.05, 3.63) is 0 Å². The number of aliphatic hydroxyl groups excluding tert-OH is 1. The molecular formula is C67H130O17P2. The summed E-state index contributed by atoms with van der Waals surface area (Å²) < 4.78 is 68.1. The minimum atomic E-state index is -4.95. The Labute approximate surface area is 524 Å². The van der Waals surface area contributed by atoms with Crippen LogP contribution in [0.15, 0.2) is 0 Å². The summed E-state index contributed by atoms with van der Waals surface area (Å²) in [5.41, 5.74) is 0. The molecule has 0 heterocycles. The zero-order valence-corrected chi connectivity index (χ0v) is 57.7. The normalized spacial score (nSPS) is 14.4. The fourth-order valence-electron chi connectivity index (χ4n) is 9.96. The fraction of sp³-hybridized carbons (Fsp3) is 0.940. The standard InChI is InChI=1S/C67H130O17P2/c1-57(2)43-35-27-19-15-13-11-9-10-12-14-16-22-33-41-49-66(71)83-63(54-78-65(70)48-40-32-26-25-30-38-46-60(7)8)56-82-86(75,76)80-52-61(68)51-79-85(73,74)81-55-62(84-67(72)50-42-34-24-18-21-29-37-45-59(5)6)53-77-64(69)47-39-31-23-17-20-28-36-44-58(3)4/h57-63,68H,9-56H2,1-8H3,(H,73,74)(H,75,76)/t61?,62-,63-/m1/s1. The van der Waals surface area contributed by atoms with Gasteiger partial charge in [0.05, 0.1) is 26.4 Å². The molecule has 0 aliphatic rings. The van der Waals surface area contributed by atoms with Crippen LogP contribution in [0.4, 0.5) is 0 Å². The van der Waals surface area contributed by atoms with E-state index in [1.807, 2.05) is 0 Å². The van der Waals surface area contributed by atoms with Gasteiger partial charge in [0.25, 0.3) is 0 Å². The van der Waals surface area contributed by atoms with E-state index < -0.39 is 97.5 Å². The van der Waals surface area contributed by atoms with Crippen molar-refractivity contribution in [2.75, 3.05) is 39.6 Å². The maximum Gasteiger partial charge on any atom is 0.472 e. The minimum absolute atomic E-state index is 0.102. The van der Waals surface area contributed by atoms with Gasteiger partial charge >= 0.3 is 39.5 Å². The van der Waals surface area contributed by atoms with Crippen LogP contribution in [0.25, 0.3) is 0 Å². The topological polar surface area (TPSA) is 237 Å². The van der Waals surface area contributed by atoms with Gasteiger partial charge < -0.3 is 33.8 Å². The number of esters is 4. The molecule has 0 fully saturated rings. The molecule has 0 radical (unpaired) electrons. The average molecular weight is 1270 g/mol. The lowest BCUT2D eigenvalue weighted by Gasteiger charge is -2.21. The Kier molecular flexibility index (Phi) is 55.7. The molecule has 5 atom stereocenters. The Bertz CT molecular complexity index is 1710. The number of carbonyl (C=O) groups is 4. The zero-order valence-electron chi connectivity index (χ0n) is 55.9. The highest BCUT2D eigenvalue weighted by Gasteiger charge is 2.30. The van der Waals surface area contributed by atoms with Gasteiger partial charge in [-0.3, -0.25) is 37.3 Å². The Morgan fingerprint density at radius 2 is 0.488 bits per heavy atom. The second-order valence-electron chi connectivity index (χ2n) is 26.1. The summed E-state index contributed by atoms with van der Waals surface area (Å²) in [6, 6.07) is 0. The first-order valence-corrected chi connectivity index (χ1v) is 37.7. The molecule has 0 saturated heterocycles. The van der Waals surface area contributed by atoms with Crippen LogP contribution in [-0.2, 0) is 65.4 Å². The van der Waals surface area contributed by atoms with Gasteiger partial charge in [-0.15, -0.1) is 0 Å². The van der Waals surface area contributed by atoms with Gasteiger partial charge in [0, 0.05) is 25.7 Å². The number of hydrogen-bond donors (Lipinski definition) is 3. The van der Waals surface area contributed by atoms with Crippen LogP contribution in [-0.4, -0.2) is 96.7 Å². The zero-order chi connectivity index (χ0) is 63.9. The number of hydrogen-bond acceptors (Lipinski definition) is 15. The molecule has 0 aliphatic heterocycles. The number of aliphatic hydroxyl groups is 1. The number of rotatable bonds is 64. The summed E-state index contributed by atoms with van der Waals surface area (Å²) in [5, 5.41) is 10.5.